The van der Waals surface area contributed by atoms with Crippen LogP contribution in [0.15, 0.2) is 42.5 Å². The molecule has 0 unspecified atom stereocenters. The second kappa shape index (κ2) is 10.2. The molecule has 0 heterocycles. The van der Waals surface area contributed by atoms with Gasteiger partial charge in [-0.15, -0.1) is 0 Å². The molecule has 2 aliphatic rings. The minimum Gasteiger partial charge on any atom is -0.493 e. The highest BCUT2D eigenvalue weighted by Gasteiger charge is 2.04. The highest BCUT2D eigenvalue weighted by atomic mass is 16.5. The molecule has 0 spiro atoms. The average molecular weight is 351 g/mol. The number of nitriles is 1. The van der Waals surface area contributed by atoms with Gasteiger partial charge in [0.1, 0.15) is 12.4 Å². The quantitative estimate of drug-likeness (QED) is 0.429. The Hall–Kier alpha value is -2.80. The third-order valence-corrected chi connectivity index (χ3v) is 4.06. The first-order valence-corrected chi connectivity index (χ1v) is 9.09. The average Bonchev–Trinajstić information content (AvgIpc) is 2.65. The first-order chi connectivity index (χ1) is 12.7. The van der Waals surface area contributed by atoms with Crippen molar-refractivity contribution in [3.05, 3.63) is 64.0 Å². The number of carbonyl (C=O) groups excluding carboxylic acids is 1. The molecule has 26 heavy (non-hydrogen) atoms. The number of hydrogen-bond donors (Lipinski definition) is 0. The van der Waals surface area contributed by atoms with Gasteiger partial charge in [0, 0.05) is 11.6 Å². The zero-order valence-corrected chi connectivity index (χ0v) is 15.5. The molecule has 1 aromatic carbocycles. The normalized spacial score (nSPS) is 10.2. The van der Waals surface area contributed by atoms with Crippen LogP contribution in [0.5, 0.6) is 5.75 Å². The minimum atomic E-state index is -0.150. The van der Waals surface area contributed by atoms with E-state index < -0.39 is 0 Å². The van der Waals surface area contributed by atoms with Crippen molar-refractivity contribution in [2.45, 2.75) is 46.1 Å². The SMILES string of the molecule is CCCCCC(=O)OCc1ccc(C#N)cc1.CCOc1cc2ccc1=2. The molecular weight excluding hydrogens is 326 g/mol. The molecule has 2 aliphatic carbocycles. The van der Waals surface area contributed by atoms with Gasteiger partial charge in [0.15, 0.2) is 0 Å². The lowest BCUT2D eigenvalue weighted by atomic mass is 10.1. The van der Waals surface area contributed by atoms with E-state index in [9.17, 15) is 4.79 Å². The molecule has 4 nitrogen and oxygen atoms in total. The van der Waals surface area contributed by atoms with Gasteiger partial charge in [-0.1, -0.05) is 44.0 Å². The predicted molar refractivity (Wildman–Crippen MR) is 100 cm³/mol. The third-order valence-electron chi connectivity index (χ3n) is 4.06. The molecule has 136 valence electrons. The van der Waals surface area contributed by atoms with E-state index in [1.54, 1.807) is 24.3 Å². The van der Waals surface area contributed by atoms with Crippen LogP contribution in [0.25, 0.3) is 0 Å². The van der Waals surface area contributed by atoms with E-state index in [1.807, 2.05) is 13.0 Å². The smallest absolute Gasteiger partial charge is 0.306 e. The Morgan fingerprint density at radius 2 is 1.85 bits per heavy atom. The Labute approximate surface area is 154 Å². The van der Waals surface area contributed by atoms with Gasteiger partial charge in [-0.2, -0.15) is 5.26 Å². The summed E-state index contributed by atoms with van der Waals surface area (Å²) in [6, 6.07) is 15.3. The van der Waals surface area contributed by atoms with E-state index in [1.165, 1.54) is 10.4 Å². The monoisotopic (exact) mass is 351 g/mol. The summed E-state index contributed by atoms with van der Waals surface area (Å²) in [5, 5.41) is 11.3. The number of hydrogen-bond acceptors (Lipinski definition) is 4. The van der Waals surface area contributed by atoms with Crippen LogP contribution in [-0.4, -0.2) is 12.6 Å². The zero-order valence-electron chi connectivity index (χ0n) is 15.5. The lowest BCUT2D eigenvalue weighted by Crippen LogP contribution is -2.04. The van der Waals surface area contributed by atoms with Gasteiger partial charge in [-0.25, -0.2) is 0 Å². The molecule has 0 aromatic heterocycles. The lowest BCUT2D eigenvalue weighted by molar-refractivity contribution is -0.145. The van der Waals surface area contributed by atoms with Crippen LogP contribution in [0, 0.1) is 21.8 Å². The fourth-order valence-electron chi connectivity index (χ4n) is 2.46. The summed E-state index contributed by atoms with van der Waals surface area (Å²) < 4.78 is 10.4. The lowest BCUT2D eigenvalue weighted by Gasteiger charge is -2.10. The largest absolute Gasteiger partial charge is 0.493 e. The Bertz CT molecular complexity index is 850. The summed E-state index contributed by atoms with van der Waals surface area (Å²) in [7, 11) is 0. The maximum absolute atomic E-state index is 11.3. The maximum Gasteiger partial charge on any atom is 0.306 e. The van der Waals surface area contributed by atoms with Crippen LogP contribution in [0.2, 0.25) is 0 Å². The maximum atomic E-state index is 11.3. The number of ether oxygens (including phenoxy) is 2. The van der Waals surface area contributed by atoms with Crippen molar-refractivity contribution in [2.24, 2.45) is 0 Å². The summed E-state index contributed by atoms with van der Waals surface area (Å²) in [6.07, 6.45) is 3.54. The standard InChI is InChI=1S/C14H17NO2.C8H8O/c1-2-3-4-5-14(16)17-11-13-8-6-12(10-15)7-9-13;1-2-9-8-5-6-3-4-7(6)8/h6-9H,2-5,11H2,1H3;3-5H,2H2,1H3. The van der Waals surface area contributed by atoms with Gasteiger partial charge in [0.2, 0.25) is 0 Å². The van der Waals surface area contributed by atoms with Crippen molar-refractivity contribution >= 4 is 5.97 Å². The zero-order chi connectivity index (χ0) is 18.8. The molecule has 0 fully saturated rings. The van der Waals surface area contributed by atoms with Gasteiger partial charge < -0.3 is 9.47 Å². The van der Waals surface area contributed by atoms with Crippen molar-refractivity contribution in [1.82, 2.24) is 0 Å². The van der Waals surface area contributed by atoms with Gasteiger partial charge in [0.25, 0.3) is 0 Å². The molecule has 0 radical (unpaired) electrons. The number of rotatable bonds is 8. The van der Waals surface area contributed by atoms with Crippen molar-refractivity contribution < 1.29 is 14.3 Å². The first kappa shape index (κ1) is 19.5. The van der Waals surface area contributed by atoms with Gasteiger partial charge in [-0.05, 0) is 42.3 Å². The minimum absolute atomic E-state index is 0.150. The number of unbranched alkanes of at least 4 members (excludes halogenated alkanes) is 2. The fourth-order valence-corrected chi connectivity index (χ4v) is 2.46. The number of benzene rings is 2. The fraction of sp³-hybridized carbons (Fsp3) is 0.364. The summed E-state index contributed by atoms with van der Waals surface area (Å²) in [4.78, 5) is 11.3. The van der Waals surface area contributed by atoms with Crippen LogP contribution >= 0.6 is 0 Å². The number of esters is 1. The molecule has 0 saturated carbocycles. The molecule has 4 heteroatoms. The second-order valence-corrected chi connectivity index (χ2v) is 6.07. The molecule has 0 aliphatic heterocycles. The van der Waals surface area contributed by atoms with Crippen LogP contribution in [0.1, 0.15) is 50.7 Å². The van der Waals surface area contributed by atoms with Crippen LogP contribution < -0.4 is 4.74 Å². The second-order valence-electron chi connectivity index (χ2n) is 6.07. The predicted octanol–water partition coefficient (Wildman–Crippen LogP) is 4.87. The Balaban J connectivity index is 0.000000223. The van der Waals surface area contributed by atoms with Crippen molar-refractivity contribution in [3.8, 4) is 11.8 Å². The molecular formula is C22H25NO3. The summed E-state index contributed by atoms with van der Waals surface area (Å²) >= 11 is 0. The summed E-state index contributed by atoms with van der Waals surface area (Å²) in [5.74, 6) is 0.915. The molecule has 3 rings (SSSR count). The van der Waals surface area contributed by atoms with E-state index in [0.717, 1.165) is 37.2 Å². The van der Waals surface area contributed by atoms with E-state index in [2.05, 4.69) is 25.1 Å². The number of nitrogens with zero attached hydrogens (tertiary/aromatic N) is 1. The third kappa shape index (κ3) is 5.63. The number of carbonyl (C=O) groups is 1. The van der Waals surface area contributed by atoms with Crippen LogP contribution in [-0.2, 0) is 16.1 Å². The van der Waals surface area contributed by atoms with Crippen molar-refractivity contribution in [2.75, 3.05) is 6.61 Å². The van der Waals surface area contributed by atoms with E-state index in [0.29, 0.717) is 12.0 Å². The van der Waals surface area contributed by atoms with Gasteiger partial charge >= 0.3 is 5.97 Å². The molecule has 0 atom stereocenters. The van der Waals surface area contributed by atoms with E-state index in [-0.39, 0.29) is 12.6 Å². The highest BCUT2D eigenvalue weighted by molar-refractivity contribution is 5.69. The Kier molecular flexibility index (Phi) is 7.70. The van der Waals surface area contributed by atoms with E-state index in [4.69, 9.17) is 14.7 Å². The molecule has 1 aromatic rings. The van der Waals surface area contributed by atoms with Crippen molar-refractivity contribution in [1.29, 1.82) is 5.26 Å². The molecule has 0 amide bonds. The van der Waals surface area contributed by atoms with Crippen LogP contribution in [0.4, 0.5) is 0 Å². The topological polar surface area (TPSA) is 59.3 Å². The van der Waals surface area contributed by atoms with Crippen LogP contribution in [0.3, 0.4) is 0 Å². The summed E-state index contributed by atoms with van der Waals surface area (Å²) in [6.45, 7) is 5.16. The van der Waals surface area contributed by atoms with Gasteiger partial charge in [-0.3, -0.25) is 4.79 Å². The molecule has 0 bridgehead atoms. The highest BCUT2D eigenvalue weighted by Crippen LogP contribution is 2.23. The Morgan fingerprint density at radius 3 is 2.35 bits per heavy atom. The first-order valence-electron chi connectivity index (χ1n) is 9.09. The Morgan fingerprint density at radius 1 is 1.08 bits per heavy atom. The summed E-state index contributed by atoms with van der Waals surface area (Å²) in [5.41, 5.74) is 1.52. The van der Waals surface area contributed by atoms with Crippen molar-refractivity contribution in [3.63, 3.8) is 0 Å². The van der Waals surface area contributed by atoms with E-state index >= 15 is 0 Å². The molecule has 0 saturated heterocycles. The molecule has 0 N–H and O–H groups in total. The van der Waals surface area contributed by atoms with Gasteiger partial charge in [0.05, 0.1) is 18.2 Å².